The number of halogens is 1. The van der Waals surface area contributed by atoms with Gasteiger partial charge in [-0.25, -0.2) is 9.18 Å². The van der Waals surface area contributed by atoms with E-state index in [1.54, 1.807) is 18.3 Å². The van der Waals surface area contributed by atoms with Crippen molar-refractivity contribution in [3.05, 3.63) is 64.3 Å². The van der Waals surface area contributed by atoms with E-state index in [9.17, 15) is 18.2 Å². The number of hydrogen-bond acceptors (Lipinski definition) is 3. The summed E-state index contributed by atoms with van der Waals surface area (Å²) < 4.78 is 27.1. The molecule has 1 atom stereocenters. The maximum Gasteiger partial charge on any atom is 0.335 e. The van der Waals surface area contributed by atoms with Gasteiger partial charge in [0, 0.05) is 24.6 Å². The molecule has 0 amide bonds. The average molecular weight is 309 g/mol. The number of aromatic carboxylic acids is 1. The summed E-state index contributed by atoms with van der Waals surface area (Å²) in [6.07, 6.45) is 1.55. The Morgan fingerprint density at radius 1 is 1.29 bits per heavy atom. The van der Waals surface area contributed by atoms with Crippen molar-refractivity contribution < 1.29 is 18.5 Å². The standard InChI is InChI=1S/C14H12FNO4S/c15-11-5-4-10(14(18)19)9-12(11)21(20)8-7-16-6-2-1-3-13(16)17/h1-6,9H,7-8H2,(H,18,19). The number of carboxylic acid groups (broad SMARTS) is 1. The van der Waals surface area contributed by atoms with Gasteiger partial charge in [-0.2, -0.15) is 0 Å². The maximum absolute atomic E-state index is 13.6. The van der Waals surface area contributed by atoms with Crippen molar-refractivity contribution in [3.63, 3.8) is 0 Å². The summed E-state index contributed by atoms with van der Waals surface area (Å²) in [6.45, 7) is 0.156. The molecule has 1 aromatic carbocycles. The summed E-state index contributed by atoms with van der Waals surface area (Å²) >= 11 is 0. The zero-order chi connectivity index (χ0) is 15.4. The van der Waals surface area contributed by atoms with E-state index in [0.717, 1.165) is 18.2 Å². The Labute approximate surface area is 122 Å². The minimum absolute atomic E-state index is 0.0178. The van der Waals surface area contributed by atoms with Crippen molar-refractivity contribution in [3.8, 4) is 0 Å². The van der Waals surface area contributed by atoms with E-state index in [2.05, 4.69) is 0 Å². The Hall–Kier alpha value is -2.28. The van der Waals surface area contributed by atoms with Gasteiger partial charge in [-0.15, -0.1) is 0 Å². The summed E-state index contributed by atoms with van der Waals surface area (Å²) in [4.78, 5) is 22.2. The zero-order valence-electron chi connectivity index (χ0n) is 10.9. The lowest BCUT2D eigenvalue weighted by molar-refractivity contribution is 0.0696. The molecule has 0 saturated heterocycles. The first-order valence-corrected chi connectivity index (χ1v) is 7.37. The molecule has 1 unspecified atom stereocenters. The monoisotopic (exact) mass is 309 g/mol. The van der Waals surface area contributed by atoms with Crippen LogP contribution in [-0.4, -0.2) is 25.6 Å². The van der Waals surface area contributed by atoms with Crippen molar-refractivity contribution in [2.45, 2.75) is 11.4 Å². The molecule has 0 spiro atoms. The first-order chi connectivity index (χ1) is 9.99. The van der Waals surface area contributed by atoms with Crippen molar-refractivity contribution in [1.29, 1.82) is 0 Å². The quantitative estimate of drug-likeness (QED) is 0.908. The molecule has 0 saturated carbocycles. The van der Waals surface area contributed by atoms with Crippen LogP contribution in [0.15, 0.2) is 52.3 Å². The fourth-order valence-corrected chi connectivity index (χ4v) is 2.87. The van der Waals surface area contributed by atoms with E-state index in [1.165, 1.54) is 10.6 Å². The summed E-state index contributed by atoms with van der Waals surface area (Å²) in [5.74, 6) is -1.92. The lowest BCUT2D eigenvalue weighted by atomic mass is 10.2. The molecule has 1 aromatic heterocycles. The zero-order valence-corrected chi connectivity index (χ0v) is 11.7. The Morgan fingerprint density at radius 3 is 2.71 bits per heavy atom. The lowest BCUT2D eigenvalue weighted by Gasteiger charge is -2.07. The fraction of sp³-hybridized carbons (Fsp3) is 0.143. The van der Waals surface area contributed by atoms with Gasteiger partial charge in [0.25, 0.3) is 5.56 Å². The Morgan fingerprint density at radius 2 is 2.05 bits per heavy atom. The normalized spacial score (nSPS) is 12.0. The summed E-state index contributed by atoms with van der Waals surface area (Å²) in [7, 11) is -1.73. The first kappa shape index (κ1) is 15.1. The van der Waals surface area contributed by atoms with Gasteiger partial charge >= 0.3 is 5.97 Å². The number of nitrogens with zero attached hydrogens (tertiary/aromatic N) is 1. The summed E-state index contributed by atoms with van der Waals surface area (Å²) in [6, 6.07) is 7.77. The second kappa shape index (κ2) is 6.45. The Bertz CT molecular complexity index is 757. The molecule has 0 fully saturated rings. The predicted molar refractivity (Wildman–Crippen MR) is 75.3 cm³/mol. The third kappa shape index (κ3) is 3.63. The van der Waals surface area contributed by atoms with Crippen molar-refractivity contribution in [2.24, 2.45) is 0 Å². The van der Waals surface area contributed by atoms with Crippen LogP contribution in [0.5, 0.6) is 0 Å². The summed E-state index contributed by atoms with van der Waals surface area (Å²) in [5, 5.41) is 8.86. The van der Waals surface area contributed by atoms with Crippen LogP contribution in [0.25, 0.3) is 0 Å². The first-order valence-electron chi connectivity index (χ1n) is 6.06. The highest BCUT2D eigenvalue weighted by molar-refractivity contribution is 7.85. The van der Waals surface area contributed by atoms with E-state index < -0.39 is 22.6 Å². The van der Waals surface area contributed by atoms with Crippen LogP contribution in [-0.2, 0) is 17.3 Å². The Kier molecular flexibility index (Phi) is 4.64. The van der Waals surface area contributed by atoms with Crippen LogP contribution in [0.2, 0.25) is 0 Å². The molecule has 0 aliphatic carbocycles. The smallest absolute Gasteiger partial charge is 0.335 e. The lowest BCUT2D eigenvalue weighted by Crippen LogP contribution is -2.21. The van der Waals surface area contributed by atoms with Crippen molar-refractivity contribution in [2.75, 3.05) is 5.75 Å². The van der Waals surface area contributed by atoms with Crippen LogP contribution in [0, 0.1) is 5.82 Å². The van der Waals surface area contributed by atoms with Crippen molar-refractivity contribution >= 4 is 16.8 Å². The molecule has 2 aromatic rings. The topological polar surface area (TPSA) is 76.4 Å². The molecule has 1 heterocycles. The summed E-state index contributed by atoms with van der Waals surface area (Å²) in [5.41, 5.74) is -0.370. The van der Waals surface area contributed by atoms with Gasteiger partial charge in [0.05, 0.1) is 21.3 Å². The van der Waals surface area contributed by atoms with Crippen LogP contribution in [0.3, 0.4) is 0 Å². The third-order valence-electron chi connectivity index (χ3n) is 2.84. The molecule has 0 radical (unpaired) electrons. The number of aromatic nitrogens is 1. The van der Waals surface area contributed by atoms with Gasteiger partial charge in [0.2, 0.25) is 0 Å². The minimum Gasteiger partial charge on any atom is -0.478 e. The maximum atomic E-state index is 13.6. The molecule has 21 heavy (non-hydrogen) atoms. The molecule has 110 valence electrons. The molecule has 0 aliphatic heterocycles. The highest BCUT2D eigenvalue weighted by atomic mass is 32.2. The van der Waals surface area contributed by atoms with Crippen LogP contribution in [0.1, 0.15) is 10.4 Å². The van der Waals surface area contributed by atoms with Gasteiger partial charge in [-0.3, -0.25) is 9.00 Å². The molecule has 1 N–H and O–H groups in total. The molecular formula is C14H12FNO4S. The van der Waals surface area contributed by atoms with Gasteiger partial charge in [-0.1, -0.05) is 6.07 Å². The molecule has 2 rings (SSSR count). The number of carboxylic acids is 1. The van der Waals surface area contributed by atoms with Gasteiger partial charge in [0.1, 0.15) is 5.82 Å². The molecule has 7 heteroatoms. The second-order valence-electron chi connectivity index (χ2n) is 4.23. The predicted octanol–water partition coefficient (Wildman–Crippen LogP) is 1.49. The SMILES string of the molecule is O=C(O)c1ccc(F)c(S(=O)CCn2ccccc2=O)c1. The minimum atomic E-state index is -1.73. The highest BCUT2D eigenvalue weighted by Crippen LogP contribution is 2.15. The van der Waals surface area contributed by atoms with E-state index in [0.29, 0.717) is 0 Å². The number of carbonyl (C=O) groups is 1. The van der Waals surface area contributed by atoms with E-state index in [4.69, 9.17) is 5.11 Å². The number of rotatable bonds is 5. The fourth-order valence-electron chi connectivity index (χ4n) is 1.75. The second-order valence-corrected chi connectivity index (χ2v) is 5.77. The molecular weight excluding hydrogens is 297 g/mol. The van der Waals surface area contributed by atoms with Gasteiger partial charge < -0.3 is 9.67 Å². The van der Waals surface area contributed by atoms with E-state index in [-0.39, 0.29) is 28.3 Å². The number of benzene rings is 1. The number of aryl methyl sites for hydroxylation is 1. The van der Waals surface area contributed by atoms with E-state index >= 15 is 0 Å². The molecule has 0 aliphatic rings. The highest BCUT2D eigenvalue weighted by Gasteiger charge is 2.14. The van der Waals surface area contributed by atoms with Gasteiger partial charge in [-0.05, 0) is 24.3 Å². The molecule has 5 nitrogen and oxygen atoms in total. The Balaban J connectivity index is 2.17. The van der Waals surface area contributed by atoms with Gasteiger partial charge in [0.15, 0.2) is 0 Å². The van der Waals surface area contributed by atoms with E-state index in [1.807, 2.05) is 0 Å². The van der Waals surface area contributed by atoms with Crippen LogP contribution >= 0.6 is 0 Å². The largest absolute Gasteiger partial charge is 0.478 e. The number of hydrogen-bond donors (Lipinski definition) is 1. The van der Waals surface area contributed by atoms with Crippen LogP contribution in [0.4, 0.5) is 4.39 Å². The van der Waals surface area contributed by atoms with Crippen LogP contribution < -0.4 is 5.56 Å². The third-order valence-corrected chi connectivity index (χ3v) is 4.20. The van der Waals surface area contributed by atoms with Crippen molar-refractivity contribution in [1.82, 2.24) is 4.57 Å². The molecule has 0 bridgehead atoms. The average Bonchev–Trinajstić information content (AvgIpc) is 2.46. The number of pyridine rings is 1.